The van der Waals surface area contributed by atoms with Crippen LogP contribution in [0.4, 0.5) is 0 Å². The minimum Gasteiger partial charge on any atom is -0.378 e. The maximum atomic E-state index is 11.8. The van der Waals surface area contributed by atoms with Crippen LogP contribution < -0.4 is 5.56 Å². The molecule has 0 fully saturated rings. The van der Waals surface area contributed by atoms with E-state index in [1.807, 2.05) is 22.6 Å². The molecule has 0 aliphatic carbocycles. The fraction of sp³-hybridized carbons (Fsp3) is 0.300. The second-order valence-electron chi connectivity index (χ2n) is 3.57. The summed E-state index contributed by atoms with van der Waals surface area (Å²) in [5, 5.41) is 0.472. The lowest BCUT2D eigenvalue weighted by atomic mass is 10.4. The second-order valence-corrected chi connectivity index (χ2v) is 5.04. The minimum atomic E-state index is -0.216. The maximum absolute atomic E-state index is 11.8. The Kier molecular flexibility index (Phi) is 4.03. The van der Waals surface area contributed by atoms with Crippen LogP contribution in [0.1, 0.15) is 5.69 Å². The zero-order chi connectivity index (χ0) is 13.3. The van der Waals surface area contributed by atoms with Gasteiger partial charge in [-0.25, -0.2) is 9.97 Å². The second kappa shape index (κ2) is 5.37. The van der Waals surface area contributed by atoms with E-state index in [4.69, 9.17) is 16.3 Å². The zero-order valence-corrected chi connectivity index (χ0v) is 12.6. The van der Waals surface area contributed by atoms with Crippen molar-refractivity contribution in [3.05, 3.63) is 31.0 Å². The van der Waals surface area contributed by atoms with Gasteiger partial charge < -0.3 is 14.3 Å². The standard InChI is InChI=1S/C10H10ClIN4O2/c1-16-6(11)3-13-9(16)8-14-5(4-18-2)7(12)10(17)15-8/h3H,4H2,1-2H3,(H,14,15,17). The molecular formula is C10H10ClIN4O2. The molecule has 1 N–H and O–H groups in total. The summed E-state index contributed by atoms with van der Waals surface area (Å²) in [6, 6.07) is 0. The average molecular weight is 381 g/mol. The fourth-order valence-corrected chi connectivity index (χ4v) is 1.99. The third-order valence-electron chi connectivity index (χ3n) is 2.36. The molecule has 0 aromatic carbocycles. The van der Waals surface area contributed by atoms with Crippen molar-refractivity contribution in [2.75, 3.05) is 7.11 Å². The van der Waals surface area contributed by atoms with Crippen LogP contribution in [-0.4, -0.2) is 26.6 Å². The first kappa shape index (κ1) is 13.5. The summed E-state index contributed by atoms with van der Waals surface area (Å²) >= 11 is 7.84. The van der Waals surface area contributed by atoms with Crippen molar-refractivity contribution < 1.29 is 4.74 Å². The maximum Gasteiger partial charge on any atom is 0.265 e. The molecule has 2 heterocycles. The molecule has 0 aliphatic heterocycles. The van der Waals surface area contributed by atoms with Crippen LogP contribution in [0.5, 0.6) is 0 Å². The van der Waals surface area contributed by atoms with Gasteiger partial charge in [-0.3, -0.25) is 4.79 Å². The van der Waals surface area contributed by atoms with E-state index in [0.717, 1.165) is 0 Å². The van der Waals surface area contributed by atoms with Gasteiger partial charge in [-0.1, -0.05) is 11.6 Å². The number of hydrogen-bond acceptors (Lipinski definition) is 4. The van der Waals surface area contributed by atoms with E-state index >= 15 is 0 Å². The molecule has 0 amide bonds. The van der Waals surface area contributed by atoms with Crippen molar-refractivity contribution in [1.82, 2.24) is 19.5 Å². The first-order valence-corrected chi connectivity index (χ1v) is 6.45. The third-order valence-corrected chi connectivity index (χ3v) is 3.82. The van der Waals surface area contributed by atoms with E-state index in [0.29, 0.717) is 26.1 Å². The number of halogens is 2. The van der Waals surface area contributed by atoms with E-state index in [2.05, 4.69) is 15.0 Å². The molecule has 0 spiro atoms. The first-order chi connectivity index (χ1) is 8.54. The predicted octanol–water partition coefficient (Wildman–Crippen LogP) is 1.57. The molecule has 2 aromatic rings. The largest absolute Gasteiger partial charge is 0.378 e. The number of rotatable bonds is 3. The van der Waals surface area contributed by atoms with Gasteiger partial charge in [0.25, 0.3) is 5.56 Å². The Hall–Kier alpha value is -0.930. The monoisotopic (exact) mass is 380 g/mol. The van der Waals surface area contributed by atoms with Gasteiger partial charge >= 0.3 is 0 Å². The number of aromatic nitrogens is 4. The zero-order valence-electron chi connectivity index (χ0n) is 9.70. The van der Waals surface area contributed by atoms with E-state index in [1.54, 1.807) is 18.7 Å². The van der Waals surface area contributed by atoms with Crippen molar-refractivity contribution in [1.29, 1.82) is 0 Å². The Labute approximate surface area is 122 Å². The quantitative estimate of drug-likeness (QED) is 0.821. The van der Waals surface area contributed by atoms with Gasteiger partial charge in [-0.2, -0.15) is 0 Å². The molecule has 18 heavy (non-hydrogen) atoms. The van der Waals surface area contributed by atoms with Gasteiger partial charge in [0, 0.05) is 14.2 Å². The number of nitrogens with one attached hydrogen (secondary N) is 1. The summed E-state index contributed by atoms with van der Waals surface area (Å²) < 4.78 is 7.17. The van der Waals surface area contributed by atoms with Gasteiger partial charge in [0.1, 0.15) is 8.72 Å². The predicted molar refractivity (Wildman–Crippen MR) is 75.5 cm³/mol. The van der Waals surface area contributed by atoms with Crippen molar-refractivity contribution in [3.63, 3.8) is 0 Å². The van der Waals surface area contributed by atoms with Gasteiger partial charge in [-0.05, 0) is 22.6 Å². The third kappa shape index (κ3) is 2.43. The average Bonchev–Trinajstić information content (AvgIpc) is 2.66. The summed E-state index contributed by atoms with van der Waals surface area (Å²) in [5.41, 5.74) is 0.364. The topological polar surface area (TPSA) is 72.8 Å². The summed E-state index contributed by atoms with van der Waals surface area (Å²) in [4.78, 5) is 22.9. The Morgan fingerprint density at radius 3 is 2.89 bits per heavy atom. The lowest BCUT2D eigenvalue weighted by molar-refractivity contribution is 0.180. The number of nitrogens with zero attached hydrogens (tertiary/aromatic N) is 3. The number of hydrogen-bond donors (Lipinski definition) is 1. The normalized spacial score (nSPS) is 10.9. The smallest absolute Gasteiger partial charge is 0.265 e. The molecule has 0 atom stereocenters. The van der Waals surface area contributed by atoms with Gasteiger partial charge in [0.2, 0.25) is 0 Å². The number of aromatic amines is 1. The Morgan fingerprint density at radius 1 is 1.61 bits per heavy atom. The van der Waals surface area contributed by atoms with Gasteiger partial charge in [0.15, 0.2) is 11.6 Å². The highest BCUT2D eigenvalue weighted by Gasteiger charge is 2.14. The fourth-order valence-electron chi connectivity index (χ4n) is 1.45. The number of methoxy groups -OCH3 is 1. The number of imidazole rings is 1. The molecule has 2 rings (SSSR count). The van der Waals surface area contributed by atoms with Crippen LogP contribution in [0.3, 0.4) is 0 Å². The van der Waals surface area contributed by atoms with E-state index < -0.39 is 0 Å². The molecule has 6 nitrogen and oxygen atoms in total. The van der Waals surface area contributed by atoms with Crippen LogP contribution in [0, 0.1) is 3.57 Å². The van der Waals surface area contributed by atoms with Crippen molar-refractivity contribution in [3.8, 4) is 11.6 Å². The molecule has 0 saturated heterocycles. The van der Waals surface area contributed by atoms with Crippen molar-refractivity contribution in [2.45, 2.75) is 6.61 Å². The minimum absolute atomic E-state index is 0.216. The Morgan fingerprint density at radius 2 is 2.33 bits per heavy atom. The number of H-pyrrole nitrogens is 1. The molecule has 0 unspecified atom stereocenters. The van der Waals surface area contributed by atoms with E-state index in [-0.39, 0.29) is 12.2 Å². The van der Waals surface area contributed by atoms with Gasteiger partial charge in [0.05, 0.1) is 18.5 Å². The van der Waals surface area contributed by atoms with E-state index in [1.165, 1.54) is 6.20 Å². The van der Waals surface area contributed by atoms with Crippen LogP contribution in [0.2, 0.25) is 5.15 Å². The molecule has 96 valence electrons. The summed E-state index contributed by atoms with van der Waals surface area (Å²) in [5.74, 6) is 0.882. The molecular weight excluding hydrogens is 370 g/mol. The summed E-state index contributed by atoms with van der Waals surface area (Å²) in [7, 11) is 3.30. The molecule has 0 bridgehead atoms. The first-order valence-electron chi connectivity index (χ1n) is 4.99. The highest BCUT2D eigenvalue weighted by atomic mass is 127. The molecule has 0 saturated carbocycles. The summed E-state index contributed by atoms with van der Waals surface area (Å²) in [6.45, 7) is 0.271. The van der Waals surface area contributed by atoms with Crippen LogP contribution in [-0.2, 0) is 18.4 Å². The summed E-state index contributed by atoms with van der Waals surface area (Å²) in [6.07, 6.45) is 1.50. The highest BCUT2D eigenvalue weighted by Crippen LogP contribution is 2.18. The molecule has 0 aliphatic rings. The van der Waals surface area contributed by atoms with Gasteiger partial charge in [-0.15, -0.1) is 0 Å². The Balaban J connectivity index is 2.59. The van der Waals surface area contributed by atoms with Crippen LogP contribution in [0.15, 0.2) is 11.0 Å². The molecule has 2 aromatic heterocycles. The SMILES string of the molecule is COCc1nc(-c2ncc(Cl)n2C)[nH]c(=O)c1I. The molecule has 0 radical (unpaired) electrons. The van der Waals surface area contributed by atoms with Crippen molar-refractivity contribution in [2.24, 2.45) is 7.05 Å². The Bertz CT molecular complexity index is 637. The van der Waals surface area contributed by atoms with E-state index in [9.17, 15) is 4.79 Å². The lowest BCUT2D eigenvalue weighted by Crippen LogP contribution is -2.17. The number of ether oxygens (including phenoxy) is 1. The van der Waals surface area contributed by atoms with Crippen molar-refractivity contribution >= 4 is 34.2 Å². The van der Waals surface area contributed by atoms with Crippen LogP contribution >= 0.6 is 34.2 Å². The van der Waals surface area contributed by atoms with Crippen LogP contribution in [0.25, 0.3) is 11.6 Å². The molecule has 8 heteroatoms. The highest BCUT2D eigenvalue weighted by molar-refractivity contribution is 14.1. The lowest BCUT2D eigenvalue weighted by Gasteiger charge is -2.06.